The molecule has 3 rings (SSSR count). The summed E-state index contributed by atoms with van der Waals surface area (Å²) in [5, 5.41) is 9.01. The lowest BCUT2D eigenvalue weighted by Crippen LogP contribution is -2.31. The predicted octanol–water partition coefficient (Wildman–Crippen LogP) is 4.37. The third-order valence-electron chi connectivity index (χ3n) is 4.35. The highest BCUT2D eigenvalue weighted by molar-refractivity contribution is 5.69. The Morgan fingerprint density at radius 1 is 1.29 bits per heavy atom. The number of rotatable bonds is 5. The molecule has 1 aliphatic rings. The number of para-hydroxylation sites is 1. The molecule has 0 radical (unpaired) electrons. The van der Waals surface area contributed by atoms with Crippen LogP contribution in [0.5, 0.6) is 11.5 Å². The molecule has 126 valence electrons. The fourth-order valence-electron chi connectivity index (χ4n) is 3.13. The number of anilines is 1. The minimum atomic E-state index is -0.827. The molecule has 1 N–H and O–H groups in total. The van der Waals surface area contributed by atoms with Gasteiger partial charge in [0.05, 0.1) is 6.42 Å². The highest BCUT2D eigenvalue weighted by Crippen LogP contribution is 2.33. The van der Waals surface area contributed by atoms with Gasteiger partial charge in [0, 0.05) is 24.3 Å². The molecule has 1 heterocycles. The Kier molecular flexibility index (Phi) is 4.69. The third kappa shape index (κ3) is 3.50. The van der Waals surface area contributed by atoms with Crippen LogP contribution in [0.4, 0.5) is 10.1 Å². The van der Waals surface area contributed by atoms with Gasteiger partial charge in [-0.2, -0.15) is 0 Å². The number of carbonyl (C=O) groups is 1. The SMILES string of the molecule is Cc1ccccc1Oc1ccc(N2CCCC2CC(=O)O)cc1F. The van der Waals surface area contributed by atoms with Crippen LogP contribution in [0.25, 0.3) is 0 Å². The van der Waals surface area contributed by atoms with Crippen LogP contribution in [-0.4, -0.2) is 23.7 Å². The van der Waals surface area contributed by atoms with Crippen molar-refractivity contribution >= 4 is 11.7 Å². The molecule has 1 unspecified atom stereocenters. The van der Waals surface area contributed by atoms with Gasteiger partial charge in [-0.3, -0.25) is 4.79 Å². The summed E-state index contributed by atoms with van der Waals surface area (Å²) in [6, 6.07) is 12.2. The lowest BCUT2D eigenvalue weighted by molar-refractivity contribution is -0.137. The van der Waals surface area contributed by atoms with Crippen molar-refractivity contribution in [2.45, 2.75) is 32.2 Å². The van der Waals surface area contributed by atoms with Gasteiger partial charge in [0.1, 0.15) is 5.75 Å². The van der Waals surface area contributed by atoms with Gasteiger partial charge in [-0.15, -0.1) is 0 Å². The predicted molar refractivity (Wildman–Crippen MR) is 90.3 cm³/mol. The van der Waals surface area contributed by atoms with E-state index in [-0.39, 0.29) is 18.2 Å². The molecule has 2 aromatic carbocycles. The van der Waals surface area contributed by atoms with E-state index in [0.717, 1.165) is 24.9 Å². The number of hydrogen-bond acceptors (Lipinski definition) is 3. The molecule has 5 heteroatoms. The van der Waals surface area contributed by atoms with Crippen molar-refractivity contribution in [2.24, 2.45) is 0 Å². The zero-order valence-corrected chi connectivity index (χ0v) is 13.5. The molecule has 0 amide bonds. The number of benzene rings is 2. The standard InChI is InChI=1S/C19H20FNO3/c1-13-5-2-3-7-17(13)24-18-9-8-15(11-16(18)20)21-10-4-6-14(21)12-19(22)23/h2-3,5,7-9,11,14H,4,6,10,12H2,1H3,(H,22,23). The van der Waals surface area contributed by atoms with E-state index in [2.05, 4.69) is 0 Å². The normalized spacial score (nSPS) is 17.1. The Balaban J connectivity index is 1.80. The molecule has 0 aromatic heterocycles. The second kappa shape index (κ2) is 6.91. The molecule has 24 heavy (non-hydrogen) atoms. The highest BCUT2D eigenvalue weighted by atomic mass is 19.1. The van der Waals surface area contributed by atoms with Crippen molar-refractivity contribution in [3.05, 3.63) is 53.8 Å². The van der Waals surface area contributed by atoms with Gasteiger partial charge < -0.3 is 14.7 Å². The van der Waals surface area contributed by atoms with Gasteiger partial charge in [-0.1, -0.05) is 18.2 Å². The van der Waals surface area contributed by atoms with Crippen LogP contribution in [0.3, 0.4) is 0 Å². The first-order chi connectivity index (χ1) is 11.5. The fraction of sp³-hybridized carbons (Fsp3) is 0.316. The Bertz CT molecular complexity index is 747. The van der Waals surface area contributed by atoms with Crippen molar-refractivity contribution in [1.82, 2.24) is 0 Å². The topological polar surface area (TPSA) is 49.8 Å². The number of aryl methyl sites for hydroxylation is 1. The second-order valence-electron chi connectivity index (χ2n) is 6.07. The van der Waals surface area contributed by atoms with E-state index < -0.39 is 11.8 Å². The van der Waals surface area contributed by atoms with Crippen LogP contribution < -0.4 is 9.64 Å². The average molecular weight is 329 g/mol. The van der Waals surface area contributed by atoms with E-state index in [1.54, 1.807) is 18.2 Å². The van der Waals surface area contributed by atoms with Gasteiger partial charge in [0.2, 0.25) is 0 Å². The van der Waals surface area contributed by atoms with Gasteiger partial charge in [0.15, 0.2) is 11.6 Å². The number of hydrogen-bond donors (Lipinski definition) is 1. The molecule has 1 saturated heterocycles. The minimum Gasteiger partial charge on any atom is -0.481 e. The number of aliphatic carboxylic acids is 1. The molecule has 1 aliphatic heterocycles. The van der Waals surface area contributed by atoms with Gasteiger partial charge >= 0.3 is 5.97 Å². The first kappa shape index (κ1) is 16.3. The fourth-order valence-corrected chi connectivity index (χ4v) is 3.13. The molecular weight excluding hydrogens is 309 g/mol. The number of halogens is 1. The van der Waals surface area contributed by atoms with Crippen LogP contribution in [0.15, 0.2) is 42.5 Å². The molecule has 0 saturated carbocycles. The molecule has 1 atom stereocenters. The van der Waals surface area contributed by atoms with Crippen molar-refractivity contribution in [1.29, 1.82) is 0 Å². The number of carboxylic acid groups (broad SMARTS) is 1. The zero-order valence-electron chi connectivity index (χ0n) is 13.5. The van der Waals surface area contributed by atoms with Gasteiger partial charge in [-0.25, -0.2) is 4.39 Å². The number of carboxylic acids is 1. The van der Waals surface area contributed by atoms with Crippen LogP contribution in [0.1, 0.15) is 24.8 Å². The van der Waals surface area contributed by atoms with Crippen LogP contribution >= 0.6 is 0 Å². The summed E-state index contributed by atoms with van der Waals surface area (Å²) in [5.74, 6) is -0.486. The average Bonchev–Trinajstić information content (AvgIpc) is 2.98. The van der Waals surface area contributed by atoms with E-state index in [1.807, 2.05) is 30.0 Å². The highest BCUT2D eigenvalue weighted by Gasteiger charge is 2.27. The summed E-state index contributed by atoms with van der Waals surface area (Å²) in [6.07, 6.45) is 1.81. The van der Waals surface area contributed by atoms with E-state index in [4.69, 9.17) is 9.84 Å². The summed E-state index contributed by atoms with van der Waals surface area (Å²) < 4.78 is 20.1. The lowest BCUT2D eigenvalue weighted by atomic mass is 10.1. The summed E-state index contributed by atoms with van der Waals surface area (Å²) >= 11 is 0. The van der Waals surface area contributed by atoms with Crippen molar-refractivity contribution < 1.29 is 19.0 Å². The van der Waals surface area contributed by atoms with Gasteiger partial charge in [-0.05, 0) is 43.5 Å². The molecule has 2 aromatic rings. The zero-order chi connectivity index (χ0) is 17.1. The number of ether oxygens (including phenoxy) is 1. The van der Waals surface area contributed by atoms with E-state index in [1.165, 1.54) is 6.07 Å². The second-order valence-corrected chi connectivity index (χ2v) is 6.07. The summed E-state index contributed by atoms with van der Waals surface area (Å²) in [6.45, 7) is 2.65. The van der Waals surface area contributed by atoms with Crippen LogP contribution in [-0.2, 0) is 4.79 Å². The molecular formula is C19H20FNO3. The lowest BCUT2D eigenvalue weighted by Gasteiger charge is -2.26. The van der Waals surface area contributed by atoms with Crippen molar-refractivity contribution in [3.8, 4) is 11.5 Å². The molecule has 4 nitrogen and oxygen atoms in total. The Hall–Kier alpha value is -2.56. The third-order valence-corrected chi connectivity index (χ3v) is 4.35. The van der Waals surface area contributed by atoms with Crippen molar-refractivity contribution in [2.75, 3.05) is 11.4 Å². The Morgan fingerprint density at radius 2 is 2.08 bits per heavy atom. The Labute approximate surface area is 140 Å². The summed E-state index contributed by atoms with van der Waals surface area (Å²) in [5.41, 5.74) is 1.63. The maximum atomic E-state index is 14.4. The maximum absolute atomic E-state index is 14.4. The largest absolute Gasteiger partial charge is 0.481 e. The van der Waals surface area contributed by atoms with Gasteiger partial charge in [0.25, 0.3) is 0 Å². The van der Waals surface area contributed by atoms with Crippen LogP contribution in [0.2, 0.25) is 0 Å². The molecule has 1 fully saturated rings. The monoisotopic (exact) mass is 329 g/mol. The first-order valence-corrected chi connectivity index (χ1v) is 8.06. The van der Waals surface area contributed by atoms with Crippen molar-refractivity contribution in [3.63, 3.8) is 0 Å². The minimum absolute atomic E-state index is 0.0725. The molecule has 0 bridgehead atoms. The quantitative estimate of drug-likeness (QED) is 0.885. The van der Waals surface area contributed by atoms with E-state index in [9.17, 15) is 9.18 Å². The van der Waals surface area contributed by atoms with E-state index in [0.29, 0.717) is 11.4 Å². The Morgan fingerprint density at radius 3 is 2.79 bits per heavy atom. The molecule has 0 spiro atoms. The van der Waals surface area contributed by atoms with E-state index >= 15 is 0 Å². The smallest absolute Gasteiger partial charge is 0.305 e. The number of nitrogens with zero attached hydrogens (tertiary/aromatic N) is 1. The van der Waals surface area contributed by atoms with Crippen LogP contribution in [0, 0.1) is 12.7 Å². The maximum Gasteiger partial charge on any atom is 0.305 e. The molecule has 0 aliphatic carbocycles. The first-order valence-electron chi connectivity index (χ1n) is 8.06. The summed E-state index contributed by atoms with van der Waals surface area (Å²) in [4.78, 5) is 12.9. The summed E-state index contributed by atoms with van der Waals surface area (Å²) in [7, 11) is 0.